The molecule has 4 heteroatoms. The Morgan fingerprint density at radius 2 is 2.26 bits per heavy atom. The summed E-state index contributed by atoms with van der Waals surface area (Å²) in [5, 5.41) is 5.92. The Morgan fingerprint density at radius 3 is 2.84 bits per heavy atom. The number of aromatic nitrogens is 1. The van der Waals surface area contributed by atoms with Crippen LogP contribution in [0.4, 0.5) is 0 Å². The molecule has 0 radical (unpaired) electrons. The van der Waals surface area contributed by atoms with Crippen LogP contribution in [0.15, 0.2) is 35.8 Å². The second-order valence-corrected chi connectivity index (χ2v) is 7.46. The first-order valence-corrected chi connectivity index (χ1v) is 8.56. The van der Waals surface area contributed by atoms with E-state index in [1.807, 2.05) is 12.3 Å². The van der Waals surface area contributed by atoms with E-state index in [0.29, 0.717) is 12.0 Å². The van der Waals surface area contributed by atoms with Crippen LogP contribution < -0.4 is 5.32 Å². The summed E-state index contributed by atoms with van der Waals surface area (Å²) >= 11 is 4.19. The number of halogens is 1. The molecule has 0 aliphatic carbocycles. The lowest BCUT2D eigenvalue weighted by molar-refractivity contribution is 0.461. The first kappa shape index (κ1) is 14.9. The molecule has 0 saturated carbocycles. The minimum Gasteiger partial charge on any atom is -0.309 e. The van der Waals surface area contributed by atoms with Crippen LogP contribution in [0.2, 0.25) is 0 Å². The van der Waals surface area contributed by atoms with E-state index in [2.05, 4.69) is 70.3 Å². The Kier molecular flexibility index (Phi) is 5.78. The SMILES string of the molecule is CCCNC(c1csc(I)c1)C(C)c1ccccn1. The summed E-state index contributed by atoms with van der Waals surface area (Å²) < 4.78 is 1.34. The average Bonchev–Trinajstić information content (AvgIpc) is 2.86. The molecule has 0 fully saturated rings. The minimum atomic E-state index is 0.342. The zero-order chi connectivity index (χ0) is 13.7. The number of nitrogens with zero attached hydrogens (tertiary/aromatic N) is 1. The lowest BCUT2D eigenvalue weighted by Crippen LogP contribution is -2.26. The molecule has 0 aliphatic heterocycles. The number of pyridine rings is 1. The van der Waals surface area contributed by atoms with E-state index in [1.165, 1.54) is 8.45 Å². The third kappa shape index (κ3) is 4.00. The zero-order valence-electron chi connectivity index (χ0n) is 11.3. The van der Waals surface area contributed by atoms with E-state index >= 15 is 0 Å². The summed E-state index contributed by atoms with van der Waals surface area (Å²) in [6, 6.07) is 8.76. The van der Waals surface area contributed by atoms with Gasteiger partial charge in [-0.1, -0.05) is 19.9 Å². The van der Waals surface area contributed by atoms with Crippen LogP contribution in [0, 0.1) is 2.88 Å². The number of nitrogens with one attached hydrogen (secondary N) is 1. The fourth-order valence-electron chi connectivity index (χ4n) is 2.19. The van der Waals surface area contributed by atoms with Crippen molar-refractivity contribution in [3.8, 4) is 0 Å². The van der Waals surface area contributed by atoms with E-state index in [9.17, 15) is 0 Å². The molecule has 0 saturated heterocycles. The molecule has 2 atom stereocenters. The third-order valence-electron chi connectivity index (χ3n) is 3.22. The highest BCUT2D eigenvalue weighted by atomic mass is 127. The Morgan fingerprint density at radius 1 is 1.42 bits per heavy atom. The van der Waals surface area contributed by atoms with Crippen molar-refractivity contribution >= 4 is 33.9 Å². The van der Waals surface area contributed by atoms with Crippen LogP contribution in [0.1, 0.15) is 43.5 Å². The molecular formula is C15H19IN2S. The first-order chi connectivity index (χ1) is 9.22. The van der Waals surface area contributed by atoms with E-state index in [-0.39, 0.29) is 0 Å². The molecule has 0 amide bonds. The van der Waals surface area contributed by atoms with Gasteiger partial charge < -0.3 is 5.32 Å². The molecule has 0 aromatic carbocycles. The van der Waals surface area contributed by atoms with Gasteiger partial charge in [0.15, 0.2) is 0 Å². The first-order valence-electron chi connectivity index (χ1n) is 6.60. The average molecular weight is 386 g/mol. The molecular weight excluding hydrogens is 367 g/mol. The molecule has 2 aromatic heterocycles. The van der Waals surface area contributed by atoms with Crippen molar-refractivity contribution in [1.82, 2.24) is 10.3 Å². The number of hydrogen-bond donors (Lipinski definition) is 1. The molecule has 1 N–H and O–H groups in total. The van der Waals surface area contributed by atoms with Gasteiger partial charge in [-0.15, -0.1) is 11.3 Å². The topological polar surface area (TPSA) is 24.9 Å². The van der Waals surface area contributed by atoms with Crippen molar-refractivity contribution in [2.75, 3.05) is 6.54 Å². The largest absolute Gasteiger partial charge is 0.309 e. The molecule has 2 rings (SSSR count). The number of thiophene rings is 1. The summed E-state index contributed by atoms with van der Waals surface area (Å²) in [5.74, 6) is 0.373. The molecule has 2 heterocycles. The molecule has 102 valence electrons. The summed E-state index contributed by atoms with van der Waals surface area (Å²) in [6.45, 7) is 5.49. The highest BCUT2D eigenvalue weighted by Crippen LogP contribution is 2.32. The van der Waals surface area contributed by atoms with E-state index in [4.69, 9.17) is 0 Å². The molecule has 2 nitrogen and oxygen atoms in total. The van der Waals surface area contributed by atoms with Crippen LogP contribution in [-0.4, -0.2) is 11.5 Å². The Labute approximate surface area is 132 Å². The molecule has 2 unspecified atom stereocenters. The van der Waals surface area contributed by atoms with Gasteiger partial charge in [0.1, 0.15) is 0 Å². The van der Waals surface area contributed by atoms with Gasteiger partial charge in [0.25, 0.3) is 0 Å². The van der Waals surface area contributed by atoms with E-state index < -0.39 is 0 Å². The number of rotatable bonds is 6. The van der Waals surface area contributed by atoms with Crippen LogP contribution in [0.3, 0.4) is 0 Å². The van der Waals surface area contributed by atoms with Gasteiger partial charge in [-0.2, -0.15) is 0 Å². The zero-order valence-corrected chi connectivity index (χ0v) is 14.2. The molecule has 19 heavy (non-hydrogen) atoms. The second kappa shape index (κ2) is 7.36. The van der Waals surface area contributed by atoms with Gasteiger partial charge in [-0.3, -0.25) is 4.98 Å². The predicted octanol–water partition coefficient (Wildman–Crippen LogP) is 4.59. The maximum atomic E-state index is 4.50. The van der Waals surface area contributed by atoms with Crippen molar-refractivity contribution in [2.45, 2.75) is 32.2 Å². The van der Waals surface area contributed by atoms with Gasteiger partial charge in [0.2, 0.25) is 0 Å². The van der Waals surface area contributed by atoms with Crippen LogP contribution in [0.5, 0.6) is 0 Å². The fraction of sp³-hybridized carbons (Fsp3) is 0.400. The van der Waals surface area contributed by atoms with Crippen molar-refractivity contribution < 1.29 is 0 Å². The van der Waals surface area contributed by atoms with Crippen molar-refractivity contribution in [1.29, 1.82) is 0 Å². The predicted molar refractivity (Wildman–Crippen MR) is 90.7 cm³/mol. The summed E-state index contributed by atoms with van der Waals surface area (Å²) in [4.78, 5) is 4.50. The van der Waals surface area contributed by atoms with Crippen LogP contribution >= 0.6 is 33.9 Å². The normalized spacial score (nSPS) is 14.3. The van der Waals surface area contributed by atoms with Crippen molar-refractivity contribution in [2.24, 2.45) is 0 Å². The van der Waals surface area contributed by atoms with Gasteiger partial charge in [-0.25, -0.2) is 0 Å². The van der Waals surface area contributed by atoms with Gasteiger partial charge in [0.05, 0.1) is 2.88 Å². The van der Waals surface area contributed by atoms with Crippen LogP contribution in [-0.2, 0) is 0 Å². The summed E-state index contributed by atoms with van der Waals surface area (Å²) in [5.41, 5.74) is 2.53. The lowest BCUT2D eigenvalue weighted by Gasteiger charge is -2.24. The molecule has 0 spiro atoms. The van der Waals surface area contributed by atoms with Gasteiger partial charge >= 0.3 is 0 Å². The van der Waals surface area contributed by atoms with Crippen molar-refractivity contribution in [3.63, 3.8) is 0 Å². The van der Waals surface area contributed by atoms with Gasteiger partial charge in [-0.05, 0) is 64.7 Å². The highest BCUT2D eigenvalue weighted by molar-refractivity contribution is 14.1. The number of hydrogen-bond acceptors (Lipinski definition) is 3. The summed E-state index contributed by atoms with van der Waals surface area (Å²) in [6.07, 6.45) is 3.02. The van der Waals surface area contributed by atoms with E-state index in [0.717, 1.165) is 18.7 Å². The second-order valence-electron chi connectivity index (χ2n) is 4.66. The highest BCUT2D eigenvalue weighted by Gasteiger charge is 2.22. The maximum absolute atomic E-state index is 4.50. The standard InChI is InChI=1S/C15H19IN2S/c1-3-7-18-15(12-9-14(16)19-10-12)11(2)13-6-4-5-8-17-13/h4-6,8-11,15,18H,3,7H2,1-2H3. The Bertz CT molecular complexity index is 498. The van der Waals surface area contributed by atoms with Gasteiger partial charge in [0, 0.05) is 23.9 Å². The van der Waals surface area contributed by atoms with E-state index in [1.54, 1.807) is 11.3 Å². The lowest BCUT2D eigenvalue weighted by atomic mass is 9.93. The molecule has 2 aromatic rings. The Balaban J connectivity index is 2.22. The van der Waals surface area contributed by atoms with Crippen LogP contribution in [0.25, 0.3) is 0 Å². The minimum absolute atomic E-state index is 0.342. The smallest absolute Gasteiger partial charge is 0.0656 e. The Hall–Kier alpha value is -0.460. The van der Waals surface area contributed by atoms with Crippen molar-refractivity contribution in [3.05, 3.63) is 50.0 Å². The fourth-order valence-corrected chi connectivity index (χ4v) is 3.59. The third-order valence-corrected chi connectivity index (χ3v) is 5.02. The maximum Gasteiger partial charge on any atom is 0.0656 e. The quantitative estimate of drug-likeness (QED) is 0.735. The summed E-state index contributed by atoms with van der Waals surface area (Å²) in [7, 11) is 0. The molecule has 0 aliphatic rings. The molecule has 0 bridgehead atoms. The monoisotopic (exact) mass is 386 g/mol.